The SMILES string of the molecule is CCN(c1cccc(C)c1)C(c1cccs1)C(C)N. The minimum Gasteiger partial charge on any atom is -0.362 e. The first-order valence-electron chi connectivity index (χ1n) is 6.75. The Bertz CT molecular complexity index is 505. The number of likely N-dealkylation sites (N-methyl/N-ethyl adjacent to an activating group) is 1. The van der Waals surface area contributed by atoms with Crippen LogP contribution in [0.2, 0.25) is 0 Å². The third-order valence-electron chi connectivity index (χ3n) is 3.34. The summed E-state index contributed by atoms with van der Waals surface area (Å²) in [6.07, 6.45) is 0. The van der Waals surface area contributed by atoms with Crippen LogP contribution in [-0.4, -0.2) is 12.6 Å². The highest BCUT2D eigenvalue weighted by molar-refractivity contribution is 7.10. The molecule has 2 N–H and O–H groups in total. The van der Waals surface area contributed by atoms with Crippen LogP contribution in [0.3, 0.4) is 0 Å². The van der Waals surface area contributed by atoms with Gasteiger partial charge >= 0.3 is 0 Å². The van der Waals surface area contributed by atoms with Gasteiger partial charge in [0, 0.05) is 23.2 Å². The molecule has 0 bridgehead atoms. The van der Waals surface area contributed by atoms with E-state index < -0.39 is 0 Å². The van der Waals surface area contributed by atoms with Gasteiger partial charge in [-0.05, 0) is 49.9 Å². The minimum atomic E-state index is 0.0964. The number of thiophene rings is 1. The highest BCUT2D eigenvalue weighted by Crippen LogP contribution is 2.31. The molecular formula is C16H22N2S. The first kappa shape index (κ1) is 14.1. The second kappa shape index (κ2) is 6.22. The number of hydrogen-bond acceptors (Lipinski definition) is 3. The van der Waals surface area contributed by atoms with E-state index in [-0.39, 0.29) is 12.1 Å². The molecule has 0 fully saturated rings. The van der Waals surface area contributed by atoms with Crippen molar-refractivity contribution >= 4 is 17.0 Å². The lowest BCUT2D eigenvalue weighted by Gasteiger charge is -2.35. The average Bonchev–Trinajstić information content (AvgIpc) is 2.88. The summed E-state index contributed by atoms with van der Waals surface area (Å²) >= 11 is 1.78. The van der Waals surface area contributed by atoms with Gasteiger partial charge in [-0.3, -0.25) is 0 Å². The minimum absolute atomic E-state index is 0.0964. The number of hydrogen-bond donors (Lipinski definition) is 1. The normalized spacial score (nSPS) is 14.1. The van der Waals surface area contributed by atoms with E-state index in [9.17, 15) is 0 Å². The molecule has 0 spiro atoms. The molecule has 0 aliphatic rings. The zero-order valence-corrected chi connectivity index (χ0v) is 12.7. The van der Waals surface area contributed by atoms with Crippen molar-refractivity contribution in [2.45, 2.75) is 32.9 Å². The quantitative estimate of drug-likeness (QED) is 0.894. The molecule has 2 atom stereocenters. The molecule has 2 aromatic rings. The first-order chi connectivity index (χ1) is 9.13. The molecule has 2 nitrogen and oxygen atoms in total. The summed E-state index contributed by atoms with van der Waals surface area (Å²) in [5, 5.41) is 2.12. The van der Waals surface area contributed by atoms with Gasteiger partial charge in [-0.15, -0.1) is 11.3 Å². The van der Waals surface area contributed by atoms with Crippen molar-refractivity contribution in [1.29, 1.82) is 0 Å². The molecule has 0 aliphatic carbocycles. The van der Waals surface area contributed by atoms with E-state index in [1.807, 2.05) is 0 Å². The van der Waals surface area contributed by atoms with Crippen LogP contribution in [0.15, 0.2) is 41.8 Å². The Morgan fingerprint density at radius 1 is 1.26 bits per heavy atom. The molecule has 1 aromatic heterocycles. The Kier molecular flexibility index (Phi) is 4.61. The van der Waals surface area contributed by atoms with E-state index in [0.717, 1.165) is 6.54 Å². The molecule has 1 heterocycles. The fourth-order valence-electron chi connectivity index (χ4n) is 2.50. The fourth-order valence-corrected chi connectivity index (χ4v) is 3.46. The van der Waals surface area contributed by atoms with E-state index in [4.69, 9.17) is 5.73 Å². The van der Waals surface area contributed by atoms with Crippen LogP contribution in [0.25, 0.3) is 0 Å². The third-order valence-corrected chi connectivity index (χ3v) is 4.29. The van der Waals surface area contributed by atoms with E-state index in [2.05, 4.69) is 67.4 Å². The number of benzene rings is 1. The summed E-state index contributed by atoms with van der Waals surface area (Å²) in [7, 11) is 0. The maximum absolute atomic E-state index is 6.24. The van der Waals surface area contributed by atoms with Crippen LogP contribution in [0.1, 0.15) is 30.3 Å². The molecule has 0 aliphatic heterocycles. The molecule has 0 saturated carbocycles. The molecule has 0 radical (unpaired) electrons. The van der Waals surface area contributed by atoms with Gasteiger partial charge in [0.25, 0.3) is 0 Å². The zero-order chi connectivity index (χ0) is 13.8. The second-order valence-electron chi connectivity index (χ2n) is 4.94. The third kappa shape index (κ3) is 3.17. The van der Waals surface area contributed by atoms with Crippen molar-refractivity contribution in [3.05, 3.63) is 52.2 Å². The number of rotatable bonds is 5. The monoisotopic (exact) mass is 274 g/mol. The van der Waals surface area contributed by atoms with Gasteiger partial charge in [0.2, 0.25) is 0 Å². The first-order valence-corrected chi connectivity index (χ1v) is 7.63. The van der Waals surface area contributed by atoms with Crippen LogP contribution in [-0.2, 0) is 0 Å². The maximum atomic E-state index is 6.24. The van der Waals surface area contributed by atoms with Crippen molar-refractivity contribution in [3.8, 4) is 0 Å². The number of anilines is 1. The molecule has 2 unspecified atom stereocenters. The Morgan fingerprint density at radius 3 is 2.58 bits per heavy atom. The molecule has 2 rings (SSSR count). The summed E-state index contributed by atoms with van der Waals surface area (Å²) < 4.78 is 0. The van der Waals surface area contributed by atoms with Gasteiger partial charge in [0.05, 0.1) is 6.04 Å². The smallest absolute Gasteiger partial charge is 0.0782 e. The number of nitrogens with two attached hydrogens (primary N) is 1. The fraction of sp³-hybridized carbons (Fsp3) is 0.375. The molecule has 1 aromatic carbocycles. The molecule has 19 heavy (non-hydrogen) atoms. The van der Waals surface area contributed by atoms with Gasteiger partial charge in [-0.2, -0.15) is 0 Å². The lowest BCUT2D eigenvalue weighted by Crippen LogP contribution is -2.39. The number of nitrogens with zero attached hydrogens (tertiary/aromatic N) is 1. The van der Waals surface area contributed by atoms with Gasteiger partial charge in [0.15, 0.2) is 0 Å². The molecule has 0 saturated heterocycles. The lowest BCUT2D eigenvalue weighted by atomic mass is 10.1. The Balaban J connectivity index is 2.38. The highest BCUT2D eigenvalue weighted by Gasteiger charge is 2.24. The van der Waals surface area contributed by atoms with Crippen molar-refractivity contribution in [1.82, 2.24) is 0 Å². The highest BCUT2D eigenvalue weighted by atomic mass is 32.1. The predicted octanol–water partition coefficient (Wildman–Crippen LogP) is 3.97. The standard InChI is InChI=1S/C16H22N2S/c1-4-18(14-8-5-7-12(2)11-14)16(13(3)17)15-9-6-10-19-15/h5-11,13,16H,4,17H2,1-3H3. The van der Waals surface area contributed by atoms with Crippen LogP contribution in [0.4, 0.5) is 5.69 Å². The van der Waals surface area contributed by atoms with E-state index in [0.29, 0.717) is 0 Å². The lowest BCUT2D eigenvalue weighted by molar-refractivity contribution is 0.545. The maximum Gasteiger partial charge on any atom is 0.0782 e. The van der Waals surface area contributed by atoms with Crippen LogP contribution in [0, 0.1) is 6.92 Å². The van der Waals surface area contributed by atoms with Crippen molar-refractivity contribution in [3.63, 3.8) is 0 Å². The van der Waals surface area contributed by atoms with Crippen LogP contribution >= 0.6 is 11.3 Å². The van der Waals surface area contributed by atoms with E-state index >= 15 is 0 Å². The summed E-state index contributed by atoms with van der Waals surface area (Å²) in [6, 6.07) is 13.2. The second-order valence-corrected chi connectivity index (χ2v) is 5.92. The van der Waals surface area contributed by atoms with Crippen molar-refractivity contribution in [2.24, 2.45) is 5.73 Å². The predicted molar refractivity (Wildman–Crippen MR) is 84.9 cm³/mol. The average molecular weight is 274 g/mol. The molecule has 0 amide bonds. The van der Waals surface area contributed by atoms with Gasteiger partial charge in [-0.25, -0.2) is 0 Å². The van der Waals surface area contributed by atoms with Gasteiger partial charge in [-0.1, -0.05) is 18.2 Å². The van der Waals surface area contributed by atoms with Gasteiger partial charge in [0.1, 0.15) is 0 Å². The summed E-state index contributed by atoms with van der Waals surface area (Å²) in [5.74, 6) is 0. The number of aryl methyl sites for hydroxylation is 1. The Labute approximate surface area is 119 Å². The largest absolute Gasteiger partial charge is 0.362 e. The van der Waals surface area contributed by atoms with Crippen LogP contribution < -0.4 is 10.6 Å². The molecule has 3 heteroatoms. The topological polar surface area (TPSA) is 29.3 Å². The summed E-state index contributed by atoms with van der Waals surface area (Å²) in [5.41, 5.74) is 8.78. The van der Waals surface area contributed by atoms with Crippen LogP contribution in [0.5, 0.6) is 0 Å². The Morgan fingerprint density at radius 2 is 2.05 bits per heavy atom. The van der Waals surface area contributed by atoms with Gasteiger partial charge < -0.3 is 10.6 Å². The molecular weight excluding hydrogens is 252 g/mol. The zero-order valence-electron chi connectivity index (χ0n) is 11.8. The molecule has 102 valence electrons. The summed E-state index contributed by atoms with van der Waals surface area (Å²) in [6.45, 7) is 7.35. The summed E-state index contributed by atoms with van der Waals surface area (Å²) in [4.78, 5) is 3.72. The Hall–Kier alpha value is -1.32. The van der Waals surface area contributed by atoms with E-state index in [1.165, 1.54) is 16.1 Å². The van der Waals surface area contributed by atoms with Crippen molar-refractivity contribution in [2.75, 3.05) is 11.4 Å². The van der Waals surface area contributed by atoms with E-state index in [1.54, 1.807) is 11.3 Å². The van der Waals surface area contributed by atoms with Crippen molar-refractivity contribution < 1.29 is 0 Å².